The summed E-state index contributed by atoms with van der Waals surface area (Å²) in [5, 5.41) is 15.2. The van der Waals surface area contributed by atoms with Crippen LogP contribution in [0.5, 0.6) is 0 Å². The Kier molecular flexibility index (Phi) is 4.39. The van der Waals surface area contributed by atoms with E-state index in [0.29, 0.717) is 29.9 Å². The number of nitrogens with one attached hydrogen (secondary N) is 1. The second-order valence-corrected chi connectivity index (χ2v) is 7.42. The van der Waals surface area contributed by atoms with Gasteiger partial charge in [0, 0.05) is 17.7 Å². The normalized spacial score (nSPS) is 20.2. The Morgan fingerprint density at radius 2 is 1.83 bits per heavy atom. The van der Waals surface area contributed by atoms with Crippen LogP contribution < -0.4 is 5.32 Å². The van der Waals surface area contributed by atoms with Gasteiger partial charge in [0.25, 0.3) is 0 Å². The number of Topliss-reactive ketones (excluding diaryl/α,β-unsaturated/α-hetero) is 1. The van der Waals surface area contributed by atoms with Gasteiger partial charge < -0.3 is 10.1 Å². The predicted octanol–water partition coefficient (Wildman–Crippen LogP) is 2.88. The van der Waals surface area contributed by atoms with E-state index in [4.69, 9.17) is 4.74 Å². The molecule has 0 bridgehead atoms. The lowest BCUT2D eigenvalue weighted by molar-refractivity contribution is -0.116. The van der Waals surface area contributed by atoms with Crippen LogP contribution in [-0.4, -0.2) is 39.1 Å². The van der Waals surface area contributed by atoms with Crippen LogP contribution in [-0.2, 0) is 9.53 Å². The molecule has 0 spiro atoms. The lowest BCUT2D eigenvalue weighted by atomic mass is 9.78. The molecule has 8 heteroatoms. The van der Waals surface area contributed by atoms with Gasteiger partial charge >= 0.3 is 5.97 Å². The van der Waals surface area contributed by atoms with Crippen molar-refractivity contribution in [2.75, 3.05) is 12.4 Å². The number of anilines is 1. The second-order valence-electron chi connectivity index (χ2n) is 7.42. The van der Waals surface area contributed by atoms with E-state index in [-0.39, 0.29) is 11.7 Å². The third-order valence-corrected chi connectivity index (χ3v) is 5.70. The standard InChI is InChI=1S/C22H19N5O3/c1-30-21(29)15-9-7-14(8-10-15)20-19-17(23-22-24-25-26-27(20)22)11-16(12-18(19)28)13-5-3-2-4-6-13/h2-10,16,20H,11-12H2,1H3,(H,23,24,26). The fourth-order valence-electron chi connectivity index (χ4n) is 4.26. The van der Waals surface area contributed by atoms with Gasteiger partial charge in [0.2, 0.25) is 5.95 Å². The summed E-state index contributed by atoms with van der Waals surface area (Å²) in [4.78, 5) is 25.1. The minimum atomic E-state index is -0.442. The van der Waals surface area contributed by atoms with Gasteiger partial charge in [-0.15, -0.1) is 0 Å². The Bertz CT molecular complexity index is 1150. The molecule has 1 N–H and O–H groups in total. The maximum absolute atomic E-state index is 13.3. The third kappa shape index (κ3) is 2.97. The summed E-state index contributed by atoms with van der Waals surface area (Å²) >= 11 is 0. The number of aromatic nitrogens is 4. The maximum atomic E-state index is 13.3. The van der Waals surface area contributed by atoms with E-state index in [1.54, 1.807) is 16.8 Å². The zero-order valence-electron chi connectivity index (χ0n) is 16.3. The van der Waals surface area contributed by atoms with Crippen LogP contribution in [0, 0.1) is 0 Å². The van der Waals surface area contributed by atoms with Crippen molar-refractivity contribution in [3.63, 3.8) is 0 Å². The fourth-order valence-corrected chi connectivity index (χ4v) is 4.26. The maximum Gasteiger partial charge on any atom is 0.337 e. The number of rotatable bonds is 3. The molecule has 1 aliphatic carbocycles. The second kappa shape index (κ2) is 7.22. The van der Waals surface area contributed by atoms with Gasteiger partial charge in [0.1, 0.15) is 6.04 Å². The van der Waals surface area contributed by atoms with Gasteiger partial charge in [-0.25, -0.2) is 4.79 Å². The number of tetrazole rings is 1. The quantitative estimate of drug-likeness (QED) is 0.674. The number of carbonyl (C=O) groups is 2. The summed E-state index contributed by atoms with van der Waals surface area (Å²) in [5.74, 6) is 0.266. The van der Waals surface area contributed by atoms with Crippen LogP contribution in [0.15, 0.2) is 65.9 Å². The molecule has 1 aromatic heterocycles. The first-order chi connectivity index (χ1) is 14.7. The van der Waals surface area contributed by atoms with Crippen molar-refractivity contribution in [2.45, 2.75) is 24.8 Å². The van der Waals surface area contributed by atoms with Crippen LogP contribution in [0.1, 0.15) is 46.3 Å². The first-order valence-electron chi connectivity index (χ1n) is 9.70. The van der Waals surface area contributed by atoms with E-state index in [1.165, 1.54) is 7.11 Å². The SMILES string of the molecule is COC(=O)c1ccc(C2C3=C(CC(c4ccccc4)CC3=O)Nc3nnnn32)cc1. The molecule has 5 rings (SSSR count). The Hall–Kier alpha value is -3.81. The number of ketones is 1. The van der Waals surface area contributed by atoms with Crippen LogP contribution in [0.3, 0.4) is 0 Å². The average Bonchev–Trinajstić information content (AvgIpc) is 3.26. The monoisotopic (exact) mass is 401 g/mol. The molecule has 3 aromatic rings. The molecule has 150 valence electrons. The van der Waals surface area contributed by atoms with Gasteiger partial charge in [-0.2, -0.15) is 4.68 Å². The Balaban J connectivity index is 1.56. The number of fused-ring (bicyclic) bond motifs is 1. The number of hydrogen-bond acceptors (Lipinski definition) is 7. The van der Waals surface area contributed by atoms with Crippen molar-refractivity contribution >= 4 is 17.7 Å². The zero-order valence-corrected chi connectivity index (χ0v) is 16.3. The number of methoxy groups -OCH3 is 1. The van der Waals surface area contributed by atoms with Gasteiger partial charge in [-0.3, -0.25) is 4.79 Å². The van der Waals surface area contributed by atoms with E-state index in [9.17, 15) is 9.59 Å². The highest BCUT2D eigenvalue weighted by atomic mass is 16.5. The molecular weight excluding hydrogens is 382 g/mol. The summed E-state index contributed by atoms with van der Waals surface area (Å²) in [7, 11) is 1.34. The van der Waals surface area contributed by atoms with Gasteiger partial charge in [0.15, 0.2) is 5.78 Å². The molecule has 0 radical (unpaired) electrons. The molecule has 2 aromatic carbocycles. The molecule has 2 heterocycles. The predicted molar refractivity (Wildman–Crippen MR) is 108 cm³/mol. The first kappa shape index (κ1) is 18.2. The summed E-state index contributed by atoms with van der Waals surface area (Å²) in [5.41, 5.74) is 3.94. The van der Waals surface area contributed by atoms with Gasteiger partial charge in [-0.1, -0.05) is 47.6 Å². The van der Waals surface area contributed by atoms with E-state index in [0.717, 1.165) is 16.8 Å². The number of esters is 1. The molecule has 8 nitrogen and oxygen atoms in total. The fraction of sp³-hybridized carbons (Fsp3) is 0.227. The lowest BCUT2D eigenvalue weighted by Gasteiger charge is -2.34. The molecule has 2 atom stereocenters. The molecule has 30 heavy (non-hydrogen) atoms. The molecule has 2 unspecified atom stereocenters. The van der Waals surface area contributed by atoms with Crippen molar-refractivity contribution in [3.05, 3.63) is 82.6 Å². The van der Waals surface area contributed by atoms with Gasteiger partial charge in [-0.05, 0) is 46.0 Å². The van der Waals surface area contributed by atoms with Crippen LogP contribution in [0.4, 0.5) is 5.95 Å². The van der Waals surface area contributed by atoms with Crippen molar-refractivity contribution in [1.29, 1.82) is 0 Å². The highest BCUT2D eigenvalue weighted by molar-refractivity contribution is 6.00. The smallest absolute Gasteiger partial charge is 0.337 e. The Labute approximate surface area is 172 Å². The average molecular weight is 401 g/mol. The van der Waals surface area contributed by atoms with E-state index in [2.05, 4.69) is 33.0 Å². The highest BCUT2D eigenvalue weighted by Gasteiger charge is 2.39. The molecule has 2 aliphatic rings. The summed E-state index contributed by atoms with van der Waals surface area (Å²) in [6.07, 6.45) is 1.13. The molecule has 0 fully saturated rings. The largest absolute Gasteiger partial charge is 0.465 e. The van der Waals surface area contributed by atoms with Crippen molar-refractivity contribution < 1.29 is 14.3 Å². The molecule has 0 amide bonds. The first-order valence-corrected chi connectivity index (χ1v) is 9.70. The number of allylic oxidation sites excluding steroid dienone is 2. The number of benzene rings is 2. The molecule has 1 aliphatic heterocycles. The number of carbonyl (C=O) groups excluding carboxylic acids is 2. The molecule has 0 saturated heterocycles. The number of ether oxygens (including phenoxy) is 1. The topological polar surface area (TPSA) is 99.0 Å². The summed E-state index contributed by atoms with van der Waals surface area (Å²) < 4.78 is 6.39. The van der Waals surface area contributed by atoms with Crippen molar-refractivity contribution in [1.82, 2.24) is 20.2 Å². The van der Waals surface area contributed by atoms with E-state index in [1.807, 2.05) is 30.3 Å². The summed E-state index contributed by atoms with van der Waals surface area (Å²) in [6.45, 7) is 0. The van der Waals surface area contributed by atoms with E-state index < -0.39 is 12.0 Å². The van der Waals surface area contributed by atoms with Crippen molar-refractivity contribution in [3.8, 4) is 0 Å². The Morgan fingerprint density at radius 1 is 1.07 bits per heavy atom. The molecular formula is C22H19N5O3. The van der Waals surface area contributed by atoms with Gasteiger partial charge in [0.05, 0.1) is 12.7 Å². The van der Waals surface area contributed by atoms with Crippen molar-refractivity contribution in [2.24, 2.45) is 0 Å². The zero-order chi connectivity index (χ0) is 20.7. The minimum absolute atomic E-state index is 0.0702. The van der Waals surface area contributed by atoms with E-state index >= 15 is 0 Å². The van der Waals surface area contributed by atoms with Crippen LogP contribution >= 0.6 is 0 Å². The lowest BCUT2D eigenvalue weighted by Crippen LogP contribution is -2.33. The highest BCUT2D eigenvalue weighted by Crippen LogP contribution is 2.43. The third-order valence-electron chi connectivity index (χ3n) is 5.70. The molecule has 0 saturated carbocycles. The number of hydrogen-bond donors (Lipinski definition) is 1. The van der Waals surface area contributed by atoms with Crippen LogP contribution in [0.2, 0.25) is 0 Å². The minimum Gasteiger partial charge on any atom is -0.465 e. The van der Waals surface area contributed by atoms with Crippen LogP contribution in [0.25, 0.3) is 0 Å². The number of nitrogens with zero attached hydrogens (tertiary/aromatic N) is 4. The Morgan fingerprint density at radius 3 is 2.57 bits per heavy atom. The summed E-state index contributed by atoms with van der Waals surface area (Å²) in [6, 6.07) is 16.6.